The van der Waals surface area contributed by atoms with Gasteiger partial charge in [-0.3, -0.25) is 4.79 Å². The number of anilines is 1. The second-order valence-corrected chi connectivity index (χ2v) is 7.93. The van der Waals surface area contributed by atoms with E-state index < -0.39 is 0 Å². The maximum Gasteiger partial charge on any atom is 0.264 e. The van der Waals surface area contributed by atoms with Gasteiger partial charge >= 0.3 is 0 Å². The zero-order chi connectivity index (χ0) is 19.5. The van der Waals surface area contributed by atoms with Gasteiger partial charge in [-0.1, -0.05) is 17.7 Å². The van der Waals surface area contributed by atoms with Crippen LogP contribution in [0.3, 0.4) is 0 Å². The highest BCUT2D eigenvalue weighted by atomic mass is 35.5. The molecule has 3 aromatic rings. The van der Waals surface area contributed by atoms with Crippen molar-refractivity contribution in [1.82, 2.24) is 14.9 Å². The van der Waals surface area contributed by atoms with Crippen LogP contribution in [0.25, 0.3) is 0 Å². The summed E-state index contributed by atoms with van der Waals surface area (Å²) >= 11 is 7.38. The molecule has 8 heteroatoms. The Labute approximate surface area is 172 Å². The fourth-order valence-corrected chi connectivity index (χ4v) is 4.00. The van der Waals surface area contributed by atoms with Crippen molar-refractivity contribution in [2.45, 2.75) is 13.0 Å². The molecule has 0 saturated carbocycles. The first-order valence-corrected chi connectivity index (χ1v) is 10.2. The van der Waals surface area contributed by atoms with Gasteiger partial charge in [-0.2, -0.15) is 0 Å². The third kappa shape index (κ3) is 4.10. The van der Waals surface area contributed by atoms with Crippen LogP contribution in [0.15, 0.2) is 54.2 Å². The molecule has 0 radical (unpaired) electrons. The van der Waals surface area contributed by atoms with Crippen molar-refractivity contribution < 1.29 is 9.53 Å². The van der Waals surface area contributed by atoms with E-state index in [2.05, 4.69) is 21.8 Å². The number of nitrogens with zero attached hydrogens (tertiary/aromatic N) is 4. The molecule has 1 amide bonds. The van der Waals surface area contributed by atoms with E-state index in [9.17, 15) is 4.79 Å². The van der Waals surface area contributed by atoms with Gasteiger partial charge in [0, 0.05) is 36.8 Å². The van der Waals surface area contributed by atoms with Crippen LogP contribution >= 0.6 is 22.9 Å². The van der Waals surface area contributed by atoms with E-state index in [0.29, 0.717) is 36.3 Å². The summed E-state index contributed by atoms with van der Waals surface area (Å²) in [4.78, 5) is 26.1. The molecule has 1 aliphatic rings. The summed E-state index contributed by atoms with van der Waals surface area (Å²) in [5.74, 6) is 2.01. The summed E-state index contributed by atoms with van der Waals surface area (Å²) in [6.45, 7) is 4.12. The Bertz CT molecular complexity index is 949. The Kier molecular flexibility index (Phi) is 5.45. The van der Waals surface area contributed by atoms with Crippen molar-refractivity contribution in [3.63, 3.8) is 0 Å². The lowest BCUT2D eigenvalue weighted by Crippen LogP contribution is -2.54. The number of carbonyl (C=O) groups excluding carboxylic acids is 1. The zero-order valence-electron chi connectivity index (χ0n) is 15.3. The lowest BCUT2D eigenvalue weighted by molar-refractivity contribution is 0.0678. The second kappa shape index (κ2) is 8.16. The normalized spacial score (nSPS) is 16.9. The molecule has 0 bridgehead atoms. The van der Waals surface area contributed by atoms with Gasteiger partial charge in [-0.25, -0.2) is 9.97 Å². The molecular weight excluding hydrogens is 396 g/mol. The lowest BCUT2D eigenvalue weighted by Gasteiger charge is -2.40. The molecule has 6 nitrogen and oxygen atoms in total. The number of piperazine rings is 1. The summed E-state index contributed by atoms with van der Waals surface area (Å²) < 4.78 is 5.80. The van der Waals surface area contributed by atoms with Crippen molar-refractivity contribution in [2.24, 2.45) is 0 Å². The largest absolute Gasteiger partial charge is 0.439 e. The number of rotatable bonds is 4. The number of amides is 1. The minimum atomic E-state index is 0.0824. The molecule has 1 fully saturated rings. The summed E-state index contributed by atoms with van der Waals surface area (Å²) in [5, 5.41) is 2.58. The summed E-state index contributed by atoms with van der Waals surface area (Å²) in [5.41, 5.74) is 0. The molecule has 144 valence electrons. The fourth-order valence-electron chi connectivity index (χ4n) is 3.19. The highest BCUT2D eigenvalue weighted by Gasteiger charge is 2.29. The van der Waals surface area contributed by atoms with Crippen LogP contribution in [0, 0.1) is 0 Å². The minimum Gasteiger partial charge on any atom is -0.439 e. The molecule has 0 spiro atoms. The van der Waals surface area contributed by atoms with E-state index in [1.54, 1.807) is 24.3 Å². The molecule has 1 saturated heterocycles. The molecule has 1 aliphatic heterocycles. The quantitative estimate of drug-likeness (QED) is 0.635. The van der Waals surface area contributed by atoms with Crippen LogP contribution in [0.1, 0.15) is 16.6 Å². The van der Waals surface area contributed by atoms with Gasteiger partial charge in [-0.15, -0.1) is 11.3 Å². The molecule has 1 aromatic carbocycles. The van der Waals surface area contributed by atoms with E-state index in [1.165, 1.54) is 17.7 Å². The van der Waals surface area contributed by atoms with Crippen LogP contribution < -0.4 is 9.64 Å². The predicted octanol–water partition coefficient (Wildman–Crippen LogP) is 4.33. The smallest absolute Gasteiger partial charge is 0.264 e. The maximum atomic E-state index is 12.7. The van der Waals surface area contributed by atoms with E-state index in [1.807, 2.05) is 28.5 Å². The van der Waals surface area contributed by atoms with E-state index in [4.69, 9.17) is 16.3 Å². The average Bonchev–Trinajstić information content (AvgIpc) is 3.24. The molecule has 0 unspecified atom stereocenters. The maximum absolute atomic E-state index is 12.7. The van der Waals surface area contributed by atoms with Gasteiger partial charge in [0.2, 0.25) is 5.88 Å². The third-order valence-electron chi connectivity index (χ3n) is 4.61. The van der Waals surface area contributed by atoms with Crippen LogP contribution in [-0.4, -0.2) is 46.5 Å². The third-order valence-corrected chi connectivity index (χ3v) is 5.72. The van der Waals surface area contributed by atoms with Crippen molar-refractivity contribution in [3.05, 3.63) is 64.1 Å². The summed E-state index contributed by atoms with van der Waals surface area (Å²) in [6.07, 6.45) is 1.49. The van der Waals surface area contributed by atoms with Crippen molar-refractivity contribution in [3.8, 4) is 11.6 Å². The van der Waals surface area contributed by atoms with Gasteiger partial charge in [-0.05, 0) is 42.6 Å². The zero-order valence-corrected chi connectivity index (χ0v) is 16.9. The van der Waals surface area contributed by atoms with Crippen LogP contribution in [0.4, 0.5) is 5.82 Å². The Morgan fingerprint density at radius 2 is 2.04 bits per heavy atom. The van der Waals surface area contributed by atoms with E-state index >= 15 is 0 Å². The Balaban J connectivity index is 1.44. The molecule has 28 heavy (non-hydrogen) atoms. The van der Waals surface area contributed by atoms with Crippen LogP contribution in [0.2, 0.25) is 5.02 Å². The number of ether oxygens (including phenoxy) is 1. The predicted molar refractivity (Wildman–Crippen MR) is 111 cm³/mol. The van der Waals surface area contributed by atoms with E-state index in [-0.39, 0.29) is 11.9 Å². The SMILES string of the molecule is C[C@H]1CN(c2cc(Oc3ccc(Cl)cc3)ncn2)CCN1C(=O)c1cccs1. The molecule has 0 aliphatic carbocycles. The number of benzene rings is 1. The number of halogens is 1. The molecule has 4 rings (SSSR count). The van der Waals surface area contributed by atoms with Crippen LogP contribution in [0.5, 0.6) is 11.6 Å². The molecule has 2 aromatic heterocycles. The van der Waals surface area contributed by atoms with Gasteiger partial charge in [0.05, 0.1) is 4.88 Å². The van der Waals surface area contributed by atoms with Gasteiger partial charge in [0.1, 0.15) is 17.9 Å². The highest BCUT2D eigenvalue weighted by Crippen LogP contribution is 2.25. The summed E-state index contributed by atoms with van der Waals surface area (Å²) in [7, 11) is 0. The Hall–Kier alpha value is -2.64. The van der Waals surface area contributed by atoms with Gasteiger partial charge < -0.3 is 14.5 Å². The second-order valence-electron chi connectivity index (χ2n) is 6.54. The first-order chi connectivity index (χ1) is 13.6. The van der Waals surface area contributed by atoms with E-state index in [0.717, 1.165) is 10.7 Å². The highest BCUT2D eigenvalue weighted by molar-refractivity contribution is 7.12. The topological polar surface area (TPSA) is 58.6 Å². The molecule has 1 atom stereocenters. The number of hydrogen-bond donors (Lipinski definition) is 0. The average molecular weight is 415 g/mol. The molecular formula is C20H19ClN4O2S. The Morgan fingerprint density at radius 3 is 2.75 bits per heavy atom. The van der Waals surface area contributed by atoms with Crippen molar-refractivity contribution >= 4 is 34.7 Å². The standard InChI is InChI=1S/C20H19ClN4O2S/c1-14-12-24(8-9-25(14)20(26)17-3-2-10-28-17)18-11-19(23-13-22-18)27-16-6-4-15(21)5-7-16/h2-7,10-11,13-14H,8-9,12H2,1H3/t14-/m0/s1. The van der Waals surface area contributed by atoms with Gasteiger partial charge in [0.25, 0.3) is 5.91 Å². The number of thiophene rings is 1. The first kappa shape index (κ1) is 18.7. The molecule has 0 N–H and O–H groups in total. The monoisotopic (exact) mass is 414 g/mol. The minimum absolute atomic E-state index is 0.0824. The van der Waals surface area contributed by atoms with Crippen molar-refractivity contribution in [1.29, 1.82) is 0 Å². The first-order valence-electron chi connectivity index (χ1n) is 8.95. The lowest BCUT2D eigenvalue weighted by atomic mass is 10.2. The fraction of sp³-hybridized carbons (Fsp3) is 0.250. The van der Waals surface area contributed by atoms with Crippen LogP contribution in [-0.2, 0) is 0 Å². The number of hydrogen-bond acceptors (Lipinski definition) is 6. The molecule has 3 heterocycles. The number of aromatic nitrogens is 2. The number of carbonyl (C=O) groups is 1. The Morgan fingerprint density at radius 1 is 1.21 bits per heavy atom. The summed E-state index contributed by atoms with van der Waals surface area (Å²) in [6, 6.07) is 12.8. The van der Waals surface area contributed by atoms with Gasteiger partial charge in [0.15, 0.2) is 0 Å². The van der Waals surface area contributed by atoms with Crippen molar-refractivity contribution in [2.75, 3.05) is 24.5 Å².